The maximum atomic E-state index is 6.14. The Bertz CT molecular complexity index is 1540. The molecule has 41 heavy (non-hydrogen) atoms. The number of likely N-dealkylation sites (N-methyl/N-ethyl adjacent to an activating group) is 1. The zero-order chi connectivity index (χ0) is 28.6. The molecular formula is C35H40N4O2. The second-order valence-corrected chi connectivity index (χ2v) is 11.0. The normalized spacial score (nSPS) is 11.5. The van der Waals surface area contributed by atoms with Gasteiger partial charge in [0.2, 0.25) is 0 Å². The zero-order valence-electron chi connectivity index (χ0n) is 24.6. The third kappa shape index (κ3) is 7.54. The molecule has 0 aliphatic carbocycles. The molecule has 0 fully saturated rings. The van der Waals surface area contributed by atoms with Crippen molar-refractivity contribution in [3.05, 3.63) is 103 Å². The number of fused-ring (bicyclic) bond motifs is 1. The van der Waals surface area contributed by atoms with E-state index < -0.39 is 0 Å². The molecule has 2 heterocycles. The highest BCUT2D eigenvalue weighted by atomic mass is 16.5. The summed E-state index contributed by atoms with van der Waals surface area (Å²) in [6.45, 7) is 4.09. The second kappa shape index (κ2) is 13.5. The van der Waals surface area contributed by atoms with Crippen LogP contribution in [-0.4, -0.2) is 67.2 Å². The van der Waals surface area contributed by atoms with Crippen LogP contribution in [0.1, 0.15) is 12.0 Å². The molecule has 2 aromatic heterocycles. The fourth-order valence-electron chi connectivity index (χ4n) is 4.91. The first-order valence-corrected chi connectivity index (χ1v) is 14.2. The molecule has 0 spiro atoms. The fourth-order valence-corrected chi connectivity index (χ4v) is 4.91. The Labute approximate surface area is 243 Å². The number of hydrogen-bond acceptors (Lipinski definition) is 5. The largest absolute Gasteiger partial charge is 0.494 e. The third-order valence-electron chi connectivity index (χ3n) is 7.13. The summed E-state index contributed by atoms with van der Waals surface area (Å²) in [6.07, 6.45) is 4.89. The summed E-state index contributed by atoms with van der Waals surface area (Å²) in [5, 5.41) is 1.16. The minimum atomic E-state index is 0.548. The van der Waals surface area contributed by atoms with Crippen LogP contribution in [0.25, 0.3) is 33.3 Å². The number of pyridine rings is 1. The van der Waals surface area contributed by atoms with Crippen molar-refractivity contribution in [3.8, 4) is 33.9 Å². The van der Waals surface area contributed by atoms with E-state index in [4.69, 9.17) is 9.47 Å². The van der Waals surface area contributed by atoms with E-state index in [1.165, 1.54) is 5.52 Å². The minimum Gasteiger partial charge on any atom is -0.494 e. The van der Waals surface area contributed by atoms with Crippen molar-refractivity contribution < 1.29 is 9.47 Å². The summed E-state index contributed by atoms with van der Waals surface area (Å²) in [5.74, 6) is 1.76. The van der Waals surface area contributed by atoms with Crippen LogP contribution in [-0.2, 0) is 13.2 Å². The highest BCUT2D eigenvalue weighted by molar-refractivity contribution is 5.88. The summed E-state index contributed by atoms with van der Waals surface area (Å²) in [5.41, 5.74) is 6.79. The molecule has 0 saturated carbocycles. The Kier molecular flexibility index (Phi) is 9.34. The first-order chi connectivity index (χ1) is 20.0. The van der Waals surface area contributed by atoms with E-state index in [9.17, 15) is 0 Å². The summed E-state index contributed by atoms with van der Waals surface area (Å²) in [4.78, 5) is 9.03. The maximum absolute atomic E-state index is 6.14. The van der Waals surface area contributed by atoms with Gasteiger partial charge in [0.25, 0.3) is 0 Å². The topological polar surface area (TPSA) is 42.8 Å². The molecule has 0 unspecified atom stereocenters. The van der Waals surface area contributed by atoms with E-state index in [1.807, 2.05) is 42.7 Å². The predicted octanol–water partition coefficient (Wildman–Crippen LogP) is 6.84. The van der Waals surface area contributed by atoms with Crippen LogP contribution in [0.2, 0.25) is 0 Å². The van der Waals surface area contributed by atoms with Crippen molar-refractivity contribution in [3.63, 3.8) is 0 Å². The van der Waals surface area contributed by atoms with Gasteiger partial charge >= 0.3 is 0 Å². The smallest absolute Gasteiger partial charge is 0.120 e. The van der Waals surface area contributed by atoms with Crippen molar-refractivity contribution in [2.24, 2.45) is 0 Å². The molecule has 5 rings (SSSR count). The Hall–Kier alpha value is -4.13. The molecule has 0 aliphatic rings. The Morgan fingerprint density at radius 3 is 2.17 bits per heavy atom. The Morgan fingerprint density at radius 2 is 1.41 bits per heavy atom. The van der Waals surface area contributed by atoms with Crippen molar-refractivity contribution in [2.75, 3.05) is 47.9 Å². The van der Waals surface area contributed by atoms with E-state index >= 15 is 0 Å². The molecule has 6 heteroatoms. The molecule has 6 nitrogen and oxygen atoms in total. The highest BCUT2D eigenvalue weighted by Gasteiger charge is 2.14. The Balaban J connectivity index is 1.39. The van der Waals surface area contributed by atoms with Gasteiger partial charge < -0.3 is 23.8 Å². The van der Waals surface area contributed by atoms with Crippen LogP contribution < -0.4 is 9.47 Å². The lowest BCUT2D eigenvalue weighted by Crippen LogP contribution is -2.18. The number of hydrogen-bond donors (Lipinski definition) is 0. The number of ether oxygens (including phenoxy) is 2. The standard InChI is InChI=1S/C35H40N4O2/c1-37(2)17-8-20-40-32-13-11-28(12-14-32)30-21-31(25-36-24-30)35-23-29-22-33(41-26-27-9-6-5-7-10-27)15-16-34(29)39(35)19-18-38(3)4/h5-7,9-16,21-25H,8,17-20,26H2,1-4H3. The molecule has 5 aromatic rings. The lowest BCUT2D eigenvalue weighted by Gasteiger charge is -2.15. The number of nitrogens with zero attached hydrogens (tertiary/aromatic N) is 4. The highest BCUT2D eigenvalue weighted by Crippen LogP contribution is 2.33. The molecule has 0 amide bonds. The second-order valence-electron chi connectivity index (χ2n) is 11.0. The van der Waals surface area contributed by atoms with Gasteiger partial charge in [-0.1, -0.05) is 42.5 Å². The van der Waals surface area contributed by atoms with Gasteiger partial charge in [0.15, 0.2) is 0 Å². The quantitative estimate of drug-likeness (QED) is 0.151. The number of rotatable bonds is 13. The summed E-state index contributed by atoms with van der Waals surface area (Å²) >= 11 is 0. The molecule has 0 radical (unpaired) electrons. The van der Waals surface area contributed by atoms with E-state index in [0.29, 0.717) is 13.2 Å². The van der Waals surface area contributed by atoms with Gasteiger partial charge in [-0.15, -0.1) is 0 Å². The molecule has 0 N–H and O–H groups in total. The van der Waals surface area contributed by atoms with Crippen LogP contribution in [0.5, 0.6) is 11.5 Å². The van der Waals surface area contributed by atoms with E-state index in [2.05, 4.69) is 102 Å². The van der Waals surface area contributed by atoms with Crippen LogP contribution in [0, 0.1) is 0 Å². The zero-order valence-corrected chi connectivity index (χ0v) is 24.6. The van der Waals surface area contributed by atoms with E-state index in [1.54, 1.807) is 0 Å². The number of benzene rings is 3. The van der Waals surface area contributed by atoms with Gasteiger partial charge in [0.05, 0.1) is 12.3 Å². The first kappa shape index (κ1) is 28.4. The van der Waals surface area contributed by atoms with Crippen LogP contribution >= 0.6 is 0 Å². The van der Waals surface area contributed by atoms with Crippen LogP contribution in [0.4, 0.5) is 0 Å². The van der Waals surface area contributed by atoms with E-state index in [-0.39, 0.29) is 0 Å². The van der Waals surface area contributed by atoms with Gasteiger partial charge in [0, 0.05) is 54.1 Å². The molecule has 0 aliphatic heterocycles. The minimum absolute atomic E-state index is 0.548. The van der Waals surface area contributed by atoms with Gasteiger partial charge in [-0.3, -0.25) is 4.98 Å². The van der Waals surface area contributed by atoms with E-state index in [0.717, 1.165) is 70.9 Å². The van der Waals surface area contributed by atoms with Crippen LogP contribution in [0.3, 0.4) is 0 Å². The van der Waals surface area contributed by atoms with Crippen molar-refractivity contribution in [1.29, 1.82) is 0 Å². The van der Waals surface area contributed by atoms with Crippen LogP contribution in [0.15, 0.2) is 97.3 Å². The average Bonchev–Trinajstić information content (AvgIpc) is 3.36. The third-order valence-corrected chi connectivity index (χ3v) is 7.13. The lowest BCUT2D eigenvalue weighted by molar-refractivity contribution is 0.281. The van der Waals surface area contributed by atoms with Gasteiger partial charge in [-0.05, 0) is 88.2 Å². The Morgan fingerprint density at radius 1 is 0.683 bits per heavy atom. The monoisotopic (exact) mass is 548 g/mol. The van der Waals surface area contributed by atoms with Crippen molar-refractivity contribution >= 4 is 10.9 Å². The molecule has 0 atom stereocenters. The molecule has 0 saturated heterocycles. The summed E-state index contributed by atoms with van der Waals surface area (Å²) in [7, 11) is 8.38. The summed E-state index contributed by atoms with van der Waals surface area (Å²) < 4.78 is 14.5. The fraction of sp³-hybridized carbons (Fsp3) is 0.286. The average molecular weight is 549 g/mol. The number of aromatic nitrogens is 2. The molecule has 3 aromatic carbocycles. The molecule has 0 bridgehead atoms. The first-order valence-electron chi connectivity index (χ1n) is 14.2. The van der Waals surface area contributed by atoms with Gasteiger partial charge in [-0.25, -0.2) is 0 Å². The van der Waals surface area contributed by atoms with Crippen molar-refractivity contribution in [2.45, 2.75) is 19.6 Å². The maximum Gasteiger partial charge on any atom is 0.120 e. The summed E-state index contributed by atoms with van der Waals surface area (Å²) in [6, 6.07) is 29.4. The van der Waals surface area contributed by atoms with Crippen molar-refractivity contribution in [1.82, 2.24) is 19.4 Å². The molecule has 212 valence electrons. The molecular weight excluding hydrogens is 508 g/mol. The van der Waals surface area contributed by atoms with Gasteiger partial charge in [0.1, 0.15) is 18.1 Å². The van der Waals surface area contributed by atoms with Gasteiger partial charge in [-0.2, -0.15) is 0 Å². The predicted molar refractivity (Wildman–Crippen MR) is 169 cm³/mol. The lowest BCUT2D eigenvalue weighted by atomic mass is 10.0. The SMILES string of the molecule is CN(C)CCCOc1ccc(-c2cncc(-c3cc4cc(OCc5ccccc5)ccc4n3CCN(C)C)c2)cc1.